The molecule has 0 saturated carbocycles. The lowest BCUT2D eigenvalue weighted by molar-refractivity contribution is 0.414. The highest BCUT2D eigenvalue weighted by molar-refractivity contribution is 9.10. The molecule has 0 amide bonds. The molecule has 6 heteroatoms. The zero-order valence-corrected chi connectivity index (χ0v) is 15.9. The van der Waals surface area contributed by atoms with Crippen LogP contribution in [-0.2, 0) is 6.42 Å². The second-order valence-corrected chi connectivity index (χ2v) is 6.63. The first-order valence-corrected chi connectivity index (χ1v) is 8.79. The van der Waals surface area contributed by atoms with Crippen LogP contribution in [0.25, 0.3) is 0 Å². The normalized spacial score (nSPS) is 10.2. The summed E-state index contributed by atoms with van der Waals surface area (Å²) in [6.45, 7) is 0.799. The van der Waals surface area contributed by atoms with Gasteiger partial charge in [0.25, 0.3) is 0 Å². The zero-order chi connectivity index (χ0) is 16.7. The summed E-state index contributed by atoms with van der Waals surface area (Å²) in [7, 11) is 1.68. The monoisotopic (exact) mass is 412 g/mol. The van der Waals surface area contributed by atoms with Crippen molar-refractivity contribution in [3.63, 3.8) is 0 Å². The Bertz CT molecular complexity index is 681. The van der Waals surface area contributed by atoms with Crippen molar-refractivity contribution in [2.75, 3.05) is 19.0 Å². The SMILES string of the molecule is COc1cccc(CCCNC(=S)Nc2ccc(Br)c(Cl)c2)c1. The van der Waals surface area contributed by atoms with Crippen molar-refractivity contribution in [2.45, 2.75) is 12.8 Å². The van der Waals surface area contributed by atoms with Gasteiger partial charge in [0.15, 0.2) is 5.11 Å². The molecule has 0 saturated heterocycles. The zero-order valence-electron chi connectivity index (χ0n) is 12.7. The Morgan fingerprint density at radius 1 is 1.26 bits per heavy atom. The second-order valence-electron chi connectivity index (χ2n) is 4.96. The molecule has 0 heterocycles. The fraction of sp³-hybridized carbons (Fsp3) is 0.235. The minimum Gasteiger partial charge on any atom is -0.497 e. The molecule has 0 unspecified atom stereocenters. The highest BCUT2D eigenvalue weighted by Gasteiger charge is 2.02. The lowest BCUT2D eigenvalue weighted by Crippen LogP contribution is -2.29. The molecule has 2 rings (SSSR count). The van der Waals surface area contributed by atoms with Gasteiger partial charge in [-0.15, -0.1) is 0 Å². The lowest BCUT2D eigenvalue weighted by Gasteiger charge is -2.11. The van der Waals surface area contributed by atoms with Crippen LogP contribution in [0.5, 0.6) is 5.75 Å². The third-order valence-corrected chi connectivity index (χ3v) is 4.72. The number of nitrogens with one attached hydrogen (secondary N) is 2. The Hall–Kier alpha value is -1.30. The number of anilines is 1. The van der Waals surface area contributed by atoms with Gasteiger partial charge >= 0.3 is 0 Å². The Balaban J connectivity index is 1.73. The number of hydrogen-bond donors (Lipinski definition) is 2. The largest absolute Gasteiger partial charge is 0.497 e. The van der Waals surface area contributed by atoms with Crippen LogP contribution in [0.4, 0.5) is 5.69 Å². The number of rotatable bonds is 6. The quantitative estimate of drug-likeness (QED) is 0.514. The number of thiocarbonyl (C=S) groups is 1. The summed E-state index contributed by atoms with van der Waals surface area (Å²) < 4.78 is 6.09. The van der Waals surface area contributed by atoms with E-state index in [-0.39, 0.29) is 0 Å². The molecule has 2 aromatic carbocycles. The van der Waals surface area contributed by atoms with E-state index in [0.717, 1.165) is 35.3 Å². The van der Waals surface area contributed by atoms with Gasteiger partial charge < -0.3 is 15.4 Å². The fourth-order valence-electron chi connectivity index (χ4n) is 2.07. The van der Waals surface area contributed by atoms with Gasteiger partial charge in [-0.1, -0.05) is 23.7 Å². The van der Waals surface area contributed by atoms with Crippen LogP contribution >= 0.6 is 39.7 Å². The molecule has 0 aromatic heterocycles. The summed E-state index contributed by atoms with van der Waals surface area (Å²) >= 11 is 14.7. The first-order valence-electron chi connectivity index (χ1n) is 7.21. The van der Waals surface area contributed by atoms with Gasteiger partial charge in [-0.05, 0) is 76.9 Å². The van der Waals surface area contributed by atoms with Gasteiger partial charge in [-0.2, -0.15) is 0 Å². The number of methoxy groups -OCH3 is 1. The van der Waals surface area contributed by atoms with Gasteiger partial charge in [0.2, 0.25) is 0 Å². The van der Waals surface area contributed by atoms with Crippen molar-refractivity contribution in [1.82, 2.24) is 5.32 Å². The highest BCUT2D eigenvalue weighted by atomic mass is 79.9. The van der Waals surface area contributed by atoms with E-state index in [1.807, 2.05) is 30.3 Å². The first kappa shape index (κ1) is 18.0. The number of hydrogen-bond acceptors (Lipinski definition) is 2. The summed E-state index contributed by atoms with van der Waals surface area (Å²) in [5.41, 5.74) is 2.12. The molecule has 0 spiro atoms. The van der Waals surface area contributed by atoms with E-state index in [1.165, 1.54) is 5.56 Å². The second kappa shape index (κ2) is 9.11. The fourth-order valence-corrected chi connectivity index (χ4v) is 2.72. The molecule has 0 aliphatic carbocycles. The van der Waals surface area contributed by atoms with Crippen molar-refractivity contribution in [3.05, 3.63) is 57.5 Å². The maximum atomic E-state index is 6.06. The van der Waals surface area contributed by atoms with Gasteiger partial charge in [0.1, 0.15) is 5.75 Å². The molecule has 3 nitrogen and oxygen atoms in total. The smallest absolute Gasteiger partial charge is 0.170 e. The van der Waals surface area contributed by atoms with E-state index in [1.54, 1.807) is 7.11 Å². The molecule has 0 radical (unpaired) electrons. The average molecular weight is 414 g/mol. The molecule has 23 heavy (non-hydrogen) atoms. The van der Waals surface area contributed by atoms with Crippen molar-refractivity contribution < 1.29 is 4.74 Å². The van der Waals surface area contributed by atoms with Gasteiger partial charge in [-0.25, -0.2) is 0 Å². The topological polar surface area (TPSA) is 33.3 Å². The van der Waals surface area contributed by atoms with Crippen LogP contribution in [0.2, 0.25) is 5.02 Å². The Morgan fingerprint density at radius 3 is 2.83 bits per heavy atom. The number of halogens is 2. The summed E-state index contributed by atoms with van der Waals surface area (Å²) in [5.74, 6) is 0.889. The van der Waals surface area contributed by atoms with Gasteiger partial charge in [0, 0.05) is 16.7 Å². The minimum absolute atomic E-state index is 0.592. The lowest BCUT2D eigenvalue weighted by atomic mass is 10.1. The van der Waals surface area contributed by atoms with Crippen LogP contribution in [0.3, 0.4) is 0 Å². The van der Waals surface area contributed by atoms with Crippen molar-refractivity contribution in [2.24, 2.45) is 0 Å². The Labute approximate surface area is 155 Å². The van der Waals surface area contributed by atoms with E-state index in [4.69, 9.17) is 28.6 Å². The molecule has 2 aromatic rings. The molecule has 122 valence electrons. The van der Waals surface area contributed by atoms with E-state index in [0.29, 0.717) is 10.1 Å². The van der Waals surface area contributed by atoms with Crippen LogP contribution < -0.4 is 15.4 Å². The Kier molecular flexibility index (Phi) is 7.15. The molecule has 0 fully saturated rings. The van der Waals surface area contributed by atoms with Gasteiger partial charge in [-0.3, -0.25) is 0 Å². The summed E-state index contributed by atoms with van der Waals surface area (Å²) in [4.78, 5) is 0. The molecular weight excluding hydrogens is 396 g/mol. The Morgan fingerprint density at radius 2 is 2.09 bits per heavy atom. The number of aryl methyl sites for hydroxylation is 1. The van der Waals surface area contributed by atoms with Crippen LogP contribution in [0, 0.1) is 0 Å². The van der Waals surface area contributed by atoms with Gasteiger partial charge in [0.05, 0.1) is 12.1 Å². The van der Waals surface area contributed by atoms with E-state index in [2.05, 4.69) is 38.7 Å². The van der Waals surface area contributed by atoms with Crippen LogP contribution in [0.15, 0.2) is 46.9 Å². The van der Waals surface area contributed by atoms with Crippen molar-refractivity contribution in [1.29, 1.82) is 0 Å². The summed E-state index contributed by atoms with van der Waals surface area (Å²) in [6.07, 6.45) is 1.95. The van der Waals surface area contributed by atoms with E-state index >= 15 is 0 Å². The number of benzene rings is 2. The minimum atomic E-state index is 0.592. The molecular formula is C17H18BrClN2OS. The third-order valence-electron chi connectivity index (χ3n) is 3.24. The molecule has 0 bridgehead atoms. The predicted octanol–water partition coefficient (Wildman–Crippen LogP) is 5.03. The standard InChI is InChI=1S/C17H18BrClN2OS/c1-22-14-6-2-4-12(10-14)5-3-9-20-17(23)21-13-7-8-15(18)16(19)11-13/h2,4,6-8,10-11H,3,5,9H2,1H3,(H2,20,21,23). The summed E-state index contributed by atoms with van der Waals surface area (Å²) in [6, 6.07) is 13.7. The first-order chi connectivity index (χ1) is 11.1. The number of ether oxygens (including phenoxy) is 1. The highest BCUT2D eigenvalue weighted by Crippen LogP contribution is 2.25. The van der Waals surface area contributed by atoms with E-state index in [9.17, 15) is 0 Å². The van der Waals surface area contributed by atoms with E-state index < -0.39 is 0 Å². The van der Waals surface area contributed by atoms with Crippen molar-refractivity contribution in [3.8, 4) is 5.75 Å². The molecule has 2 N–H and O–H groups in total. The average Bonchev–Trinajstić information content (AvgIpc) is 2.55. The molecule has 0 atom stereocenters. The van der Waals surface area contributed by atoms with Crippen molar-refractivity contribution >= 4 is 50.5 Å². The third kappa shape index (κ3) is 6.01. The maximum Gasteiger partial charge on any atom is 0.170 e. The van der Waals surface area contributed by atoms with Crippen LogP contribution in [0.1, 0.15) is 12.0 Å². The molecule has 0 aliphatic heterocycles. The molecule has 0 aliphatic rings. The maximum absolute atomic E-state index is 6.06. The van der Waals surface area contributed by atoms with Crippen LogP contribution in [-0.4, -0.2) is 18.8 Å². The summed E-state index contributed by atoms with van der Waals surface area (Å²) in [5, 5.41) is 7.56. The predicted molar refractivity (Wildman–Crippen MR) is 105 cm³/mol.